The molecule has 4 rings (SSSR count). The standard InChI is InChI=1S/C21H29N5/c1-24-12-14-26(15-13-24)20-10-4-8-18(23-20)16-25(2)19-9-3-6-17-7-5-11-22-21(17)19/h4-5,7-8,10-11,19H,3,6,9,12-16H2,1-2H3. The number of pyridine rings is 2. The monoisotopic (exact) mass is 351 g/mol. The smallest absolute Gasteiger partial charge is 0.128 e. The number of anilines is 1. The van der Waals surface area contributed by atoms with Crippen LogP contribution in [0.15, 0.2) is 36.5 Å². The van der Waals surface area contributed by atoms with E-state index in [4.69, 9.17) is 4.98 Å². The third-order valence-electron chi connectivity index (χ3n) is 5.73. The van der Waals surface area contributed by atoms with E-state index < -0.39 is 0 Å². The van der Waals surface area contributed by atoms with Gasteiger partial charge in [-0.2, -0.15) is 0 Å². The fraction of sp³-hybridized carbons (Fsp3) is 0.524. The highest BCUT2D eigenvalue weighted by Crippen LogP contribution is 2.32. The van der Waals surface area contributed by atoms with E-state index in [1.165, 1.54) is 24.1 Å². The molecular formula is C21H29N5. The average Bonchev–Trinajstić information content (AvgIpc) is 2.68. The molecule has 26 heavy (non-hydrogen) atoms. The first-order valence-corrected chi connectivity index (χ1v) is 9.74. The number of aromatic nitrogens is 2. The molecule has 0 saturated carbocycles. The summed E-state index contributed by atoms with van der Waals surface area (Å²) in [6, 6.07) is 11.1. The zero-order valence-corrected chi connectivity index (χ0v) is 15.9. The summed E-state index contributed by atoms with van der Waals surface area (Å²) in [5, 5.41) is 0. The highest BCUT2D eigenvalue weighted by atomic mass is 15.3. The SMILES string of the molecule is CN1CCN(c2cccc(CN(C)C3CCCc4cccnc43)n2)CC1. The summed E-state index contributed by atoms with van der Waals surface area (Å²) in [6.07, 6.45) is 5.50. The van der Waals surface area contributed by atoms with Crippen LogP contribution >= 0.6 is 0 Å². The van der Waals surface area contributed by atoms with Gasteiger partial charge in [-0.05, 0) is 57.1 Å². The minimum atomic E-state index is 0.397. The Morgan fingerprint density at radius 3 is 2.81 bits per heavy atom. The molecule has 0 radical (unpaired) electrons. The van der Waals surface area contributed by atoms with Crippen LogP contribution in [0.1, 0.15) is 35.8 Å². The Balaban J connectivity index is 1.47. The Bertz CT molecular complexity index is 739. The average molecular weight is 351 g/mol. The molecule has 0 bridgehead atoms. The Labute approximate surface area is 156 Å². The molecule has 1 atom stereocenters. The maximum atomic E-state index is 4.96. The Morgan fingerprint density at radius 1 is 1.12 bits per heavy atom. The van der Waals surface area contributed by atoms with Crippen LogP contribution in [0, 0.1) is 0 Å². The predicted octanol–water partition coefficient (Wildman–Crippen LogP) is 2.74. The van der Waals surface area contributed by atoms with Gasteiger partial charge < -0.3 is 9.80 Å². The first-order valence-electron chi connectivity index (χ1n) is 9.74. The lowest BCUT2D eigenvalue weighted by Crippen LogP contribution is -2.44. The van der Waals surface area contributed by atoms with Crippen LogP contribution in [0.2, 0.25) is 0 Å². The Hall–Kier alpha value is -1.98. The molecule has 138 valence electrons. The molecule has 1 aliphatic heterocycles. The Kier molecular flexibility index (Phi) is 5.18. The van der Waals surface area contributed by atoms with Gasteiger partial charge in [0.05, 0.1) is 17.4 Å². The maximum absolute atomic E-state index is 4.96. The molecule has 0 amide bonds. The number of hydrogen-bond acceptors (Lipinski definition) is 5. The summed E-state index contributed by atoms with van der Waals surface area (Å²) in [5.74, 6) is 1.12. The van der Waals surface area contributed by atoms with Crippen molar-refractivity contribution in [1.29, 1.82) is 0 Å². The molecule has 0 aromatic carbocycles. The van der Waals surface area contributed by atoms with Crippen molar-refractivity contribution in [3.8, 4) is 0 Å². The van der Waals surface area contributed by atoms with Crippen molar-refractivity contribution in [3.63, 3.8) is 0 Å². The third kappa shape index (κ3) is 3.74. The van der Waals surface area contributed by atoms with Crippen LogP contribution in [0.3, 0.4) is 0 Å². The maximum Gasteiger partial charge on any atom is 0.128 e. The highest BCUT2D eigenvalue weighted by molar-refractivity contribution is 5.40. The van der Waals surface area contributed by atoms with Gasteiger partial charge in [-0.25, -0.2) is 4.98 Å². The Morgan fingerprint density at radius 2 is 1.96 bits per heavy atom. The van der Waals surface area contributed by atoms with Gasteiger partial charge in [0.2, 0.25) is 0 Å². The van der Waals surface area contributed by atoms with Gasteiger partial charge >= 0.3 is 0 Å². The molecule has 1 saturated heterocycles. The second-order valence-corrected chi connectivity index (χ2v) is 7.65. The predicted molar refractivity (Wildman–Crippen MR) is 105 cm³/mol. The number of piperazine rings is 1. The van der Waals surface area contributed by atoms with Gasteiger partial charge in [-0.15, -0.1) is 0 Å². The van der Waals surface area contributed by atoms with Crippen molar-refractivity contribution in [1.82, 2.24) is 19.8 Å². The first-order chi connectivity index (χ1) is 12.7. The van der Waals surface area contributed by atoms with E-state index in [1.54, 1.807) is 0 Å². The molecule has 1 unspecified atom stereocenters. The molecule has 3 heterocycles. The molecule has 5 heteroatoms. The van der Waals surface area contributed by atoms with Crippen molar-refractivity contribution >= 4 is 5.82 Å². The van der Waals surface area contributed by atoms with Gasteiger partial charge in [0, 0.05) is 38.9 Å². The van der Waals surface area contributed by atoms with Crippen LogP contribution in [0.4, 0.5) is 5.82 Å². The molecule has 0 spiro atoms. The summed E-state index contributed by atoms with van der Waals surface area (Å²) in [5.41, 5.74) is 3.82. The van der Waals surface area contributed by atoms with Crippen LogP contribution in [0.5, 0.6) is 0 Å². The molecule has 2 aromatic heterocycles. The number of hydrogen-bond donors (Lipinski definition) is 0. The quantitative estimate of drug-likeness (QED) is 0.846. The first kappa shape index (κ1) is 17.4. The summed E-state index contributed by atoms with van der Waals surface area (Å²) >= 11 is 0. The number of likely N-dealkylation sites (N-methyl/N-ethyl adjacent to an activating group) is 1. The number of aryl methyl sites for hydroxylation is 1. The van der Waals surface area contributed by atoms with E-state index in [0.717, 1.165) is 50.7 Å². The van der Waals surface area contributed by atoms with Crippen molar-refractivity contribution in [2.75, 3.05) is 45.2 Å². The van der Waals surface area contributed by atoms with Gasteiger partial charge in [0.15, 0.2) is 0 Å². The van der Waals surface area contributed by atoms with E-state index in [0.29, 0.717) is 6.04 Å². The molecule has 2 aliphatic rings. The molecular weight excluding hydrogens is 322 g/mol. The van der Waals surface area contributed by atoms with Crippen LogP contribution in [-0.2, 0) is 13.0 Å². The molecule has 1 fully saturated rings. The van der Waals surface area contributed by atoms with Crippen molar-refractivity contribution in [2.45, 2.75) is 31.8 Å². The van der Waals surface area contributed by atoms with Crippen molar-refractivity contribution in [2.24, 2.45) is 0 Å². The van der Waals surface area contributed by atoms with Crippen LogP contribution < -0.4 is 4.90 Å². The summed E-state index contributed by atoms with van der Waals surface area (Å²) in [4.78, 5) is 16.8. The molecule has 5 nitrogen and oxygen atoms in total. The van der Waals surface area contributed by atoms with Crippen molar-refractivity contribution < 1.29 is 0 Å². The van der Waals surface area contributed by atoms with E-state index in [-0.39, 0.29) is 0 Å². The number of rotatable bonds is 4. The van der Waals surface area contributed by atoms with E-state index in [2.05, 4.69) is 64.1 Å². The minimum Gasteiger partial charge on any atom is -0.354 e. The zero-order valence-electron chi connectivity index (χ0n) is 15.9. The van der Waals surface area contributed by atoms with E-state index >= 15 is 0 Å². The second-order valence-electron chi connectivity index (χ2n) is 7.65. The van der Waals surface area contributed by atoms with Crippen LogP contribution in [-0.4, -0.2) is 60.0 Å². The summed E-state index contributed by atoms with van der Waals surface area (Å²) in [6.45, 7) is 5.19. The van der Waals surface area contributed by atoms with Gasteiger partial charge in [-0.3, -0.25) is 9.88 Å². The largest absolute Gasteiger partial charge is 0.354 e. The normalized spacial score (nSPS) is 21.0. The van der Waals surface area contributed by atoms with E-state index in [1.807, 2.05) is 6.20 Å². The van der Waals surface area contributed by atoms with Gasteiger partial charge in [-0.1, -0.05) is 12.1 Å². The van der Waals surface area contributed by atoms with Crippen molar-refractivity contribution in [3.05, 3.63) is 53.5 Å². The molecule has 2 aromatic rings. The zero-order chi connectivity index (χ0) is 17.9. The topological polar surface area (TPSA) is 35.5 Å². The van der Waals surface area contributed by atoms with E-state index in [9.17, 15) is 0 Å². The lowest BCUT2D eigenvalue weighted by Gasteiger charge is -2.34. The fourth-order valence-corrected chi connectivity index (χ4v) is 4.15. The summed E-state index contributed by atoms with van der Waals surface area (Å²) < 4.78 is 0. The fourth-order valence-electron chi connectivity index (χ4n) is 4.15. The third-order valence-corrected chi connectivity index (χ3v) is 5.73. The highest BCUT2D eigenvalue weighted by Gasteiger charge is 2.25. The lowest BCUT2D eigenvalue weighted by atomic mass is 9.91. The van der Waals surface area contributed by atoms with Gasteiger partial charge in [0.1, 0.15) is 5.82 Å². The van der Waals surface area contributed by atoms with Crippen LogP contribution in [0.25, 0.3) is 0 Å². The second kappa shape index (κ2) is 7.72. The van der Waals surface area contributed by atoms with Gasteiger partial charge in [0.25, 0.3) is 0 Å². The number of fused-ring (bicyclic) bond motifs is 1. The summed E-state index contributed by atoms with van der Waals surface area (Å²) in [7, 11) is 4.39. The minimum absolute atomic E-state index is 0.397. The molecule has 0 N–H and O–H groups in total. The number of nitrogens with zero attached hydrogens (tertiary/aromatic N) is 5. The lowest BCUT2D eigenvalue weighted by molar-refractivity contribution is 0.206. The molecule has 1 aliphatic carbocycles.